The molecule has 180 valence electrons. The number of carbonyl (C=O) groups is 1. The zero-order chi connectivity index (χ0) is 24.9. The number of aliphatic hydroxyl groups is 2. The molecule has 4 aromatic rings. The van der Waals surface area contributed by atoms with Gasteiger partial charge >= 0.3 is 0 Å². The summed E-state index contributed by atoms with van der Waals surface area (Å²) >= 11 is 1.17. The van der Waals surface area contributed by atoms with Crippen molar-refractivity contribution in [1.82, 2.24) is 15.3 Å². The van der Waals surface area contributed by atoms with Gasteiger partial charge in [0.05, 0.1) is 33.8 Å². The van der Waals surface area contributed by atoms with Crippen LogP contribution < -0.4 is 5.32 Å². The number of thiazole rings is 1. The van der Waals surface area contributed by atoms with Gasteiger partial charge < -0.3 is 15.5 Å². The Bertz CT molecular complexity index is 1300. The van der Waals surface area contributed by atoms with Crippen molar-refractivity contribution < 1.29 is 23.8 Å². The Morgan fingerprint density at radius 2 is 1.80 bits per heavy atom. The summed E-state index contributed by atoms with van der Waals surface area (Å²) in [5.74, 6) is -1.63. The largest absolute Gasteiger partial charge is 0.393 e. The standard InChI is InChI=1S/C26H23F2N3O3S/c1-15(32)13-21(24(33)20-7-2-3-12-29-20)31-25(34)18-5-4-6-19(28)23(18)26-30-14-22(35-26)16-8-10-17(27)11-9-16/h2-12,14-15,21,24,32-33H,13H2,1H3,(H,31,34)/t15-,21-,24+/m0/s1. The quantitative estimate of drug-likeness (QED) is 0.328. The number of hydrogen-bond acceptors (Lipinski definition) is 6. The minimum Gasteiger partial charge on any atom is -0.393 e. The van der Waals surface area contributed by atoms with E-state index in [1.165, 1.54) is 47.9 Å². The number of nitrogens with one attached hydrogen (secondary N) is 1. The van der Waals surface area contributed by atoms with Gasteiger partial charge in [-0.05, 0) is 55.3 Å². The molecule has 0 bridgehead atoms. The number of halogens is 2. The molecule has 9 heteroatoms. The Hall–Kier alpha value is -3.53. The first-order valence-corrected chi connectivity index (χ1v) is 11.7. The van der Waals surface area contributed by atoms with E-state index in [4.69, 9.17) is 0 Å². The average Bonchev–Trinajstić information content (AvgIpc) is 3.33. The van der Waals surface area contributed by atoms with Crippen LogP contribution in [0.1, 0.15) is 35.5 Å². The fraction of sp³-hybridized carbons (Fsp3) is 0.192. The van der Waals surface area contributed by atoms with Gasteiger partial charge in [-0.2, -0.15) is 0 Å². The van der Waals surface area contributed by atoms with Crippen molar-refractivity contribution in [2.75, 3.05) is 0 Å². The minimum absolute atomic E-state index is 0.0199. The second kappa shape index (κ2) is 10.8. The number of benzene rings is 2. The van der Waals surface area contributed by atoms with Gasteiger partial charge in [0.2, 0.25) is 0 Å². The van der Waals surface area contributed by atoms with E-state index in [2.05, 4.69) is 15.3 Å². The highest BCUT2D eigenvalue weighted by Gasteiger charge is 2.28. The molecule has 0 aliphatic carbocycles. The molecule has 2 aromatic heterocycles. The number of hydrogen-bond donors (Lipinski definition) is 3. The molecule has 1 amide bonds. The summed E-state index contributed by atoms with van der Waals surface area (Å²) in [6, 6.07) is 14.1. The van der Waals surface area contributed by atoms with Crippen molar-refractivity contribution in [3.63, 3.8) is 0 Å². The van der Waals surface area contributed by atoms with E-state index in [1.807, 2.05) is 0 Å². The van der Waals surface area contributed by atoms with E-state index in [9.17, 15) is 23.8 Å². The van der Waals surface area contributed by atoms with Crippen LogP contribution in [0.25, 0.3) is 21.0 Å². The van der Waals surface area contributed by atoms with Crippen LogP contribution in [0.2, 0.25) is 0 Å². The molecule has 0 saturated carbocycles. The molecule has 0 unspecified atom stereocenters. The van der Waals surface area contributed by atoms with Crippen molar-refractivity contribution in [3.8, 4) is 21.0 Å². The first kappa shape index (κ1) is 24.6. The highest BCUT2D eigenvalue weighted by molar-refractivity contribution is 7.18. The van der Waals surface area contributed by atoms with Crippen molar-refractivity contribution in [1.29, 1.82) is 0 Å². The topological polar surface area (TPSA) is 95.3 Å². The number of nitrogens with zero attached hydrogens (tertiary/aromatic N) is 2. The summed E-state index contributed by atoms with van der Waals surface area (Å²) in [5, 5.41) is 23.8. The average molecular weight is 496 g/mol. The van der Waals surface area contributed by atoms with Crippen molar-refractivity contribution in [2.45, 2.75) is 31.6 Å². The lowest BCUT2D eigenvalue weighted by atomic mass is 9.99. The van der Waals surface area contributed by atoms with E-state index in [-0.39, 0.29) is 28.4 Å². The number of pyridine rings is 1. The van der Waals surface area contributed by atoms with Crippen molar-refractivity contribution in [2.24, 2.45) is 0 Å². The second-order valence-corrected chi connectivity index (χ2v) is 9.09. The van der Waals surface area contributed by atoms with E-state index in [0.717, 1.165) is 0 Å². The maximum absolute atomic E-state index is 15.0. The van der Waals surface area contributed by atoms with Crippen LogP contribution in [0.4, 0.5) is 8.78 Å². The zero-order valence-electron chi connectivity index (χ0n) is 18.7. The Labute approximate surface area is 205 Å². The molecule has 2 aromatic carbocycles. The third kappa shape index (κ3) is 5.76. The summed E-state index contributed by atoms with van der Waals surface area (Å²) in [6.45, 7) is 1.55. The first-order valence-electron chi connectivity index (χ1n) is 10.9. The van der Waals surface area contributed by atoms with E-state index in [1.54, 1.807) is 43.5 Å². The van der Waals surface area contributed by atoms with Crippen LogP contribution in [0.15, 0.2) is 73.1 Å². The molecule has 3 N–H and O–H groups in total. The lowest BCUT2D eigenvalue weighted by molar-refractivity contribution is 0.0691. The zero-order valence-corrected chi connectivity index (χ0v) is 19.5. The number of aromatic nitrogens is 2. The molecule has 35 heavy (non-hydrogen) atoms. The normalized spacial score (nSPS) is 13.7. The maximum Gasteiger partial charge on any atom is 0.252 e. The predicted octanol–water partition coefficient (Wildman–Crippen LogP) is 4.75. The Kier molecular flexibility index (Phi) is 7.60. The Morgan fingerprint density at radius 3 is 2.49 bits per heavy atom. The number of amides is 1. The molecule has 0 fully saturated rings. The van der Waals surface area contributed by atoms with Gasteiger partial charge in [-0.25, -0.2) is 13.8 Å². The fourth-order valence-electron chi connectivity index (χ4n) is 3.71. The monoisotopic (exact) mass is 495 g/mol. The van der Waals surface area contributed by atoms with Crippen LogP contribution in [-0.2, 0) is 0 Å². The molecule has 4 rings (SSSR count). The number of rotatable bonds is 8. The van der Waals surface area contributed by atoms with Crippen LogP contribution in [0.5, 0.6) is 0 Å². The third-order valence-electron chi connectivity index (χ3n) is 5.39. The van der Waals surface area contributed by atoms with Crippen LogP contribution in [0, 0.1) is 11.6 Å². The Balaban J connectivity index is 1.64. The summed E-state index contributed by atoms with van der Waals surface area (Å²) in [6.07, 6.45) is 1.12. The predicted molar refractivity (Wildman–Crippen MR) is 130 cm³/mol. The lowest BCUT2D eigenvalue weighted by Gasteiger charge is -2.25. The molecule has 0 spiro atoms. The summed E-state index contributed by atoms with van der Waals surface area (Å²) < 4.78 is 28.2. The van der Waals surface area contributed by atoms with Gasteiger partial charge in [-0.1, -0.05) is 24.3 Å². The van der Waals surface area contributed by atoms with Gasteiger partial charge in [0.25, 0.3) is 5.91 Å². The van der Waals surface area contributed by atoms with E-state index < -0.39 is 30.0 Å². The van der Waals surface area contributed by atoms with Gasteiger partial charge in [0, 0.05) is 12.4 Å². The molecule has 6 nitrogen and oxygen atoms in total. The van der Waals surface area contributed by atoms with E-state index >= 15 is 0 Å². The van der Waals surface area contributed by atoms with Crippen LogP contribution >= 0.6 is 11.3 Å². The fourth-order valence-corrected chi connectivity index (χ4v) is 4.69. The van der Waals surface area contributed by atoms with Crippen LogP contribution in [0.3, 0.4) is 0 Å². The minimum atomic E-state index is -1.18. The highest BCUT2D eigenvalue weighted by atomic mass is 32.1. The van der Waals surface area contributed by atoms with Gasteiger partial charge in [-0.15, -0.1) is 11.3 Å². The van der Waals surface area contributed by atoms with Crippen LogP contribution in [-0.4, -0.2) is 38.2 Å². The second-order valence-electron chi connectivity index (χ2n) is 8.06. The molecule has 0 aliphatic heterocycles. The number of carbonyl (C=O) groups excluding carboxylic acids is 1. The summed E-state index contributed by atoms with van der Waals surface area (Å²) in [5.41, 5.74) is 1.11. The maximum atomic E-state index is 15.0. The summed E-state index contributed by atoms with van der Waals surface area (Å²) in [7, 11) is 0. The van der Waals surface area contributed by atoms with Gasteiger partial charge in [0.1, 0.15) is 22.7 Å². The van der Waals surface area contributed by atoms with Crippen molar-refractivity contribution in [3.05, 3.63) is 95.9 Å². The molecule has 3 atom stereocenters. The summed E-state index contributed by atoms with van der Waals surface area (Å²) in [4.78, 5) is 22.4. The molecule has 0 aliphatic rings. The van der Waals surface area contributed by atoms with Crippen molar-refractivity contribution >= 4 is 17.2 Å². The smallest absolute Gasteiger partial charge is 0.252 e. The molecule has 0 radical (unpaired) electrons. The third-order valence-corrected chi connectivity index (χ3v) is 6.45. The lowest BCUT2D eigenvalue weighted by Crippen LogP contribution is -2.41. The highest BCUT2D eigenvalue weighted by Crippen LogP contribution is 2.35. The van der Waals surface area contributed by atoms with Gasteiger partial charge in [-0.3, -0.25) is 9.78 Å². The SMILES string of the molecule is C[C@H](O)C[C@H](NC(=O)c1cccc(F)c1-c1ncc(-c2ccc(F)cc2)s1)[C@H](O)c1ccccn1. The first-order chi connectivity index (χ1) is 16.8. The molecule has 2 heterocycles. The molecular weight excluding hydrogens is 472 g/mol. The molecular formula is C26H23F2N3O3S. The number of aliphatic hydroxyl groups excluding tert-OH is 2. The molecule has 0 saturated heterocycles. The van der Waals surface area contributed by atoms with Gasteiger partial charge in [0.15, 0.2) is 0 Å². The van der Waals surface area contributed by atoms with E-state index in [0.29, 0.717) is 16.1 Å². The Morgan fingerprint density at radius 1 is 1.03 bits per heavy atom.